The summed E-state index contributed by atoms with van der Waals surface area (Å²) in [5.41, 5.74) is 8.59. The fourth-order valence-electron chi connectivity index (χ4n) is 5.76. The fourth-order valence-corrected chi connectivity index (χ4v) is 6.95. The molecular weight excluding hydrogens is 708 g/mol. The average molecular weight is 733 g/mol. The summed E-state index contributed by atoms with van der Waals surface area (Å²) in [5, 5.41) is 0.690. The Morgan fingerprint density at radius 1 is 0.880 bits per heavy atom. The van der Waals surface area contributed by atoms with Crippen molar-refractivity contribution in [3.8, 4) is 16.9 Å². The summed E-state index contributed by atoms with van der Waals surface area (Å²) >= 11 is 0. The number of furan rings is 1. The van der Waals surface area contributed by atoms with Crippen molar-refractivity contribution in [1.29, 1.82) is 0 Å². The van der Waals surface area contributed by atoms with Gasteiger partial charge in [0, 0.05) is 29.0 Å². The molecule has 1 aliphatic heterocycles. The van der Waals surface area contributed by atoms with Crippen LogP contribution in [0, 0.1) is 0 Å². The van der Waals surface area contributed by atoms with Gasteiger partial charge in [-0.1, -0.05) is 67.3 Å². The van der Waals surface area contributed by atoms with E-state index in [0.29, 0.717) is 39.6 Å². The Labute approximate surface area is 329 Å². The van der Waals surface area contributed by atoms with Crippen LogP contribution in [-0.2, 0) is 26.1 Å². The minimum Gasteiger partial charge on any atom is -0.743 e. The number of hydrogen-bond donors (Lipinski definition) is 0. The smallest absolute Gasteiger partial charge is 0.743 e. The Morgan fingerprint density at radius 2 is 1.62 bits per heavy atom. The first-order chi connectivity index (χ1) is 23.4. The molecule has 0 atom stereocenters. The van der Waals surface area contributed by atoms with Gasteiger partial charge < -0.3 is 22.7 Å². The number of ether oxygens (including phenoxy) is 1. The second kappa shape index (κ2) is 14.0. The molecule has 50 heavy (non-hydrogen) atoms. The molecule has 2 aromatic heterocycles. The zero-order valence-electron chi connectivity index (χ0n) is 26.7. The fraction of sp³-hybridized carbons (Fsp3) is 0.0833. The van der Waals surface area contributed by atoms with Gasteiger partial charge in [-0.15, -0.1) is 4.57 Å². The van der Waals surface area contributed by atoms with E-state index in [0.717, 1.165) is 21.4 Å². The molecule has 4 aromatic carbocycles. The summed E-state index contributed by atoms with van der Waals surface area (Å²) in [6.07, 6.45) is 3.30. The van der Waals surface area contributed by atoms with Crippen molar-refractivity contribution in [2.75, 3.05) is 4.90 Å². The van der Waals surface area contributed by atoms with Crippen molar-refractivity contribution >= 4 is 65.0 Å². The number of rotatable bonds is 8. The zero-order valence-corrected chi connectivity index (χ0v) is 31.5. The first-order valence-electron chi connectivity index (χ1n) is 14.9. The van der Waals surface area contributed by atoms with Gasteiger partial charge in [0.25, 0.3) is 5.52 Å². The Balaban J connectivity index is 0.00000432. The van der Waals surface area contributed by atoms with E-state index >= 15 is 0 Å². The molecule has 0 fully saturated rings. The molecule has 11 nitrogen and oxygen atoms in total. The molecule has 0 saturated heterocycles. The Bertz CT molecular complexity index is 2700. The summed E-state index contributed by atoms with van der Waals surface area (Å²) in [6.45, 7) is 5.19. The first kappa shape index (κ1) is 35.8. The molecule has 0 bridgehead atoms. The summed E-state index contributed by atoms with van der Waals surface area (Å²) in [6, 6.07) is 25.2. The number of allylic oxidation sites excluding steroid dienone is 2. The largest absolute Gasteiger partial charge is 1.00 e. The van der Waals surface area contributed by atoms with Gasteiger partial charge >= 0.3 is 57.3 Å². The van der Waals surface area contributed by atoms with Crippen molar-refractivity contribution in [1.82, 2.24) is 0 Å². The maximum atomic E-state index is 12.5. The zero-order chi connectivity index (χ0) is 34.5. The van der Waals surface area contributed by atoms with E-state index in [-0.39, 0.29) is 74.6 Å². The van der Waals surface area contributed by atoms with Gasteiger partial charge in [0.2, 0.25) is 17.3 Å². The molecule has 0 radical (unpaired) electrons. The van der Waals surface area contributed by atoms with Crippen LogP contribution in [0.25, 0.3) is 50.2 Å². The van der Waals surface area contributed by atoms with Crippen molar-refractivity contribution in [2.24, 2.45) is 0 Å². The van der Waals surface area contributed by atoms with Gasteiger partial charge in [-0.3, -0.25) is 4.90 Å². The number of aromatic nitrogens is 1. The molecule has 7 rings (SSSR count). The molecule has 0 N–H and O–H groups in total. The van der Waals surface area contributed by atoms with Crippen LogP contribution in [0.5, 0.6) is 5.75 Å². The summed E-state index contributed by atoms with van der Waals surface area (Å²) in [4.78, 5) is 1.08. The number of nitrogens with zero attached hydrogens (tertiary/aromatic N) is 2. The van der Waals surface area contributed by atoms with Gasteiger partial charge in [-0.2, -0.15) is 0 Å². The number of fused-ring (bicyclic) bond motifs is 5. The van der Waals surface area contributed by atoms with Crippen LogP contribution in [0.4, 0.5) is 5.69 Å². The van der Waals surface area contributed by atoms with Crippen LogP contribution in [0.15, 0.2) is 134 Å². The molecule has 0 spiro atoms. The predicted octanol–water partition coefficient (Wildman–Crippen LogP) is 3.65. The maximum Gasteiger partial charge on any atom is 1.00 e. The third-order valence-electron chi connectivity index (χ3n) is 7.92. The summed E-state index contributed by atoms with van der Waals surface area (Å²) < 4.78 is 93.2. The monoisotopic (exact) mass is 732 g/mol. The number of benzene rings is 4. The molecule has 0 saturated carbocycles. The molecular formula is C36H25KN2O9S2. The van der Waals surface area contributed by atoms with Crippen LogP contribution in [-0.4, -0.2) is 25.9 Å². The standard InChI is InChI=1S/C36H26N2O9S2.K/c1-3-10-36(49(42,43)44)38-29-21-32-27(26-13-8-9-14-30(26)45-32)20-33(29)47-35(38)18-23(4-2)17-34-37(22-48(39,40)41)28-19-25(15-16-31(28)46-34)24-11-6-5-7-12-24;/h5-9,11-21H,1,4,22H2,2H3,(H-,39,40,41,42,43,44);/q;+1/p-1. The Morgan fingerprint density at radius 3 is 2.32 bits per heavy atom. The third-order valence-corrected chi connectivity index (χ3v) is 9.25. The van der Waals surface area contributed by atoms with Gasteiger partial charge in [-0.25, -0.2) is 16.8 Å². The van der Waals surface area contributed by atoms with E-state index in [9.17, 15) is 25.9 Å². The quantitative estimate of drug-likeness (QED) is 0.0980. The van der Waals surface area contributed by atoms with Crippen LogP contribution in [0.2, 0.25) is 0 Å². The SMILES string of the molecule is C=C=C=C(N1C(=CC(=Cc2oc3ccc(-c4ccccc4)cc3[n+]2CS(=O)(=O)[O-])CC)Oc2cc3c(cc21)oc1ccccc13)S(=O)(=O)[O-].[K+]. The van der Waals surface area contributed by atoms with E-state index in [1.807, 2.05) is 54.6 Å². The van der Waals surface area contributed by atoms with Crippen molar-refractivity contribution in [3.05, 3.63) is 131 Å². The van der Waals surface area contributed by atoms with Gasteiger partial charge in [-0.05, 0) is 53.6 Å². The van der Waals surface area contributed by atoms with Gasteiger partial charge in [0.1, 0.15) is 21.3 Å². The normalized spacial score (nSPS) is 14.0. The third kappa shape index (κ3) is 6.97. The second-order valence-electron chi connectivity index (χ2n) is 11.1. The van der Waals surface area contributed by atoms with E-state index in [1.165, 1.54) is 16.7 Å². The van der Waals surface area contributed by atoms with Crippen LogP contribution >= 0.6 is 0 Å². The van der Waals surface area contributed by atoms with Crippen molar-refractivity contribution in [2.45, 2.75) is 19.2 Å². The average Bonchev–Trinajstić information content (AvgIpc) is 3.71. The molecule has 246 valence electrons. The van der Waals surface area contributed by atoms with Crippen LogP contribution in [0.3, 0.4) is 0 Å². The minimum atomic E-state index is -5.15. The first-order valence-corrected chi connectivity index (χ1v) is 17.8. The molecule has 0 amide bonds. The molecule has 3 heterocycles. The predicted molar refractivity (Wildman–Crippen MR) is 181 cm³/mol. The van der Waals surface area contributed by atoms with Crippen molar-refractivity contribution < 1.29 is 95.5 Å². The van der Waals surface area contributed by atoms with E-state index in [2.05, 4.69) is 18.0 Å². The molecule has 0 aliphatic carbocycles. The van der Waals surface area contributed by atoms with E-state index in [4.69, 9.17) is 13.6 Å². The van der Waals surface area contributed by atoms with Crippen molar-refractivity contribution in [3.63, 3.8) is 0 Å². The van der Waals surface area contributed by atoms with Gasteiger partial charge in [0.05, 0.1) is 11.8 Å². The second-order valence-corrected chi connectivity index (χ2v) is 13.7. The molecule has 1 aliphatic rings. The topological polar surface area (TPSA) is 157 Å². The van der Waals surface area contributed by atoms with Crippen LogP contribution in [0.1, 0.15) is 19.2 Å². The molecule has 6 aromatic rings. The summed E-state index contributed by atoms with van der Waals surface area (Å²) in [5.74, 6) is -0.720. The number of para-hydroxylation sites is 1. The van der Waals surface area contributed by atoms with E-state index in [1.54, 1.807) is 37.3 Å². The number of oxazole rings is 1. The molecule has 14 heteroatoms. The maximum absolute atomic E-state index is 12.5. The Hall–Kier alpha value is -4.01. The van der Waals surface area contributed by atoms with E-state index < -0.39 is 31.1 Å². The molecule has 0 unspecified atom stereocenters. The minimum absolute atomic E-state index is 0. The number of hydrogen-bond acceptors (Lipinski definition) is 10. The number of anilines is 1. The summed E-state index contributed by atoms with van der Waals surface area (Å²) in [7, 11) is -9.92. The Kier molecular flexibility index (Phi) is 9.99. The van der Waals surface area contributed by atoms with Crippen LogP contribution < -0.4 is 65.6 Å². The van der Waals surface area contributed by atoms with Gasteiger partial charge in [0.15, 0.2) is 20.9 Å².